The van der Waals surface area contributed by atoms with Crippen LogP contribution in [0.5, 0.6) is 5.75 Å². The number of aliphatic hydroxyl groups is 1. The van der Waals surface area contributed by atoms with Crippen molar-refractivity contribution in [2.75, 3.05) is 19.5 Å². The number of rotatable bonds is 6. The Morgan fingerprint density at radius 3 is 2.61 bits per heavy atom. The SMILES string of the molecule is CCC(CO)NS(=O)(=O)c1ccc(OC)c(N)c1. The van der Waals surface area contributed by atoms with Crippen molar-refractivity contribution in [1.29, 1.82) is 0 Å². The Labute approximate surface area is 107 Å². The average molecular weight is 274 g/mol. The summed E-state index contributed by atoms with van der Waals surface area (Å²) >= 11 is 0. The molecule has 0 aliphatic rings. The number of nitrogens with one attached hydrogen (secondary N) is 1. The van der Waals surface area contributed by atoms with E-state index in [4.69, 9.17) is 15.6 Å². The molecule has 1 atom stereocenters. The third-order valence-corrected chi connectivity index (χ3v) is 4.06. The van der Waals surface area contributed by atoms with E-state index in [2.05, 4.69) is 4.72 Å². The van der Waals surface area contributed by atoms with Gasteiger partial charge in [0.1, 0.15) is 5.75 Å². The summed E-state index contributed by atoms with van der Waals surface area (Å²) in [6.45, 7) is 1.53. The van der Waals surface area contributed by atoms with Crippen molar-refractivity contribution in [3.63, 3.8) is 0 Å². The fraction of sp³-hybridized carbons (Fsp3) is 0.455. The lowest BCUT2D eigenvalue weighted by molar-refractivity contribution is 0.254. The Morgan fingerprint density at radius 1 is 1.50 bits per heavy atom. The molecule has 1 unspecified atom stereocenters. The Morgan fingerprint density at radius 2 is 2.17 bits per heavy atom. The van der Waals surface area contributed by atoms with Crippen LogP contribution in [0, 0.1) is 0 Å². The van der Waals surface area contributed by atoms with Crippen molar-refractivity contribution in [2.24, 2.45) is 0 Å². The standard InChI is InChI=1S/C11H18N2O4S/c1-3-8(7-14)13-18(15,16)9-4-5-11(17-2)10(12)6-9/h4-6,8,13-14H,3,7,12H2,1-2H3. The van der Waals surface area contributed by atoms with Crippen LogP contribution in [0.25, 0.3) is 0 Å². The average Bonchev–Trinajstić information content (AvgIpc) is 2.35. The summed E-state index contributed by atoms with van der Waals surface area (Å²) < 4.78 is 31.3. The highest BCUT2D eigenvalue weighted by Crippen LogP contribution is 2.24. The normalized spacial score (nSPS) is 13.3. The summed E-state index contributed by atoms with van der Waals surface area (Å²) in [5, 5.41) is 9.00. The molecule has 0 aliphatic heterocycles. The first-order chi connectivity index (χ1) is 8.44. The number of nitrogens with two attached hydrogens (primary N) is 1. The van der Waals surface area contributed by atoms with Crippen molar-refractivity contribution in [1.82, 2.24) is 4.72 Å². The van der Waals surface area contributed by atoms with Gasteiger partial charge in [-0.25, -0.2) is 13.1 Å². The number of nitrogen functional groups attached to an aromatic ring is 1. The van der Waals surface area contributed by atoms with Gasteiger partial charge in [-0.2, -0.15) is 0 Å². The van der Waals surface area contributed by atoms with Crippen LogP contribution < -0.4 is 15.2 Å². The Balaban J connectivity index is 3.02. The van der Waals surface area contributed by atoms with E-state index in [0.29, 0.717) is 12.2 Å². The molecule has 0 saturated carbocycles. The highest BCUT2D eigenvalue weighted by molar-refractivity contribution is 7.89. The third kappa shape index (κ3) is 3.34. The van der Waals surface area contributed by atoms with E-state index in [9.17, 15) is 8.42 Å². The Kier molecular flexibility index (Phi) is 4.94. The van der Waals surface area contributed by atoms with E-state index < -0.39 is 16.1 Å². The van der Waals surface area contributed by atoms with E-state index in [1.165, 1.54) is 25.3 Å². The number of aliphatic hydroxyl groups excluding tert-OH is 1. The number of hydrogen-bond donors (Lipinski definition) is 3. The van der Waals surface area contributed by atoms with Gasteiger partial charge in [0.2, 0.25) is 10.0 Å². The van der Waals surface area contributed by atoms with Crippen LogP contribution in [0.1, 0.15) is 13.3 Å². The summed E-state index contributed by atoms with van der Waals surface area (Å²) in [5.41, 5.74) is 5.91. The number of ether oxygens (including phenoxy) is 1. The molecule has 1 aromatic carbocycles. The van der Waals surface area contributed by atoms with Gasteiger partial charge in [-0.15, -0.1) is 0 Å². The highest BCUT2D eigenvalue weighted by atomic mass is 32.2. The second-order valence-corrected chi connectivity index (χ2v) is 5.53. The molecule has 0 bridgehead atoms. The van der Waals surface area contributed by atoms with Gasteiger partial charge in [0.15, 0.2) is 0 Å². The van der Waals surface area contributed by atoms with Gasteiger partial charge in [-0.3, -0.25) is 0 Å². The van der Waals surface area contributed by atoms with Crippen LogP contribution in [-0.2, 0) is 10.0 Å². The number of hydrogen-bond acceptors (Lipinski definition) is 5. The molecule has 0 amide bonds. The molecule has 18 heavy (non-hydrogen) atoms. The van der Waals surface area contributed by atoms with Crippen LogP contribution in [0.15, 0.2) is 23.1 Å². The fourth-order valence-corrected chi connectivity index (χ4v) is 2.76. The molecule has 6 nitrogen and oxygen atoms in total. The molecule has 0 heterocycles. The molecule has 0 saturated heterocycles. The third-order valence-electron chi connectivity index (χ3n) is 2.55. The highest BCUT2D eigenvalue weighted by Gasteiger charge is 2.19. The van der Waals surface area contributed by atoms with E-state index in [1.807, 2.05) is 0 Å². The minimum absolute atomic E-state index is 0.0488. The predicted molar refractivity (Wildman–Crippen MR) is 68.9 cm³/mol. The lowest BCUT2D eigenvalue weighted by Crippen LogP contribution is -2.36. The predicted octanol–water partition coefficient (Wildman–Crippen LogP) is 0.327. The zero-order valence-electron chi connectivity index (χ0n) is 10.4. The van der Waals surface area contributed by atoms with Crippen molar-refractivity contribution in [3.8, 4) is 5.75 Å². The smallest absolute Gasteiger partial charge is 0.240 e. The lowest BCUT2D eigenvalue weighted by atomic mass is 10.3. The summed E-state index contributed by atoms with van der Waals surface area (Å²) in [5.74, 6) is 0.420. The lowest BCUT2D eigenvalue weighted by Gasteiger charge is -2.15. The molecular weight excluding hydrogens is 256 g/mol. The Bertz CT molecular complexity index is 498. The molecular formula is C11H18N2O4S. The summed E-state index contributed by atoms with van der Waals surface area (Å²) in [7, 11) is -2.22. The van der Waals surface area contributed by atoms with E-state index in [1.54, 1.807) is 6.92 Å². The first-order valence-electron chi connectivity index (χ1n) is 5.51. The largest absolute Gasteiger partial charge is 0.495 e. The van der Waals surface area contributed by atoms with Crippen LogP contribution in [0.2, 0.25) is 0 Å². The van der Waals surface area contributed by atoms with Crippen molar-refractivity contribution >= 4 is 15.7 Å². The fourth-order valence-electron chi connectivity index (χ4n) is 1.42. The first-order valence-corrected chi connectivity index (χ1v) is 6.99. The van der Waals surface area contributed by atoms with Crippen LogP contribution in [0.4, 0.5) is 5.69 Å². The van der Waals surface area contributed by atoms with Gasteiger partial charge < -0.3 is 15.6 Å². The molecule has 4 N–H and O–H groups in total. The van der Waals surface area contributed by atoms with Gasteiger partial charge in [-0.05, 0) is 24.6 Å². The molecule has 0 spiro atoms. The Hall–Kier alpha value is -1.31. The van der Waals surface area contributed by atoms with E-state index in [-0.39, 0.29) is 17.2 Å². The molecule has 0 aliphatic carbocycles. The number of methoxy groups -OCH3 is 1. The number of anilines is 1. The number of sulfonamides is 1. The van der Waals surface area contributed by atoms with E-state index >= 15 is 0 Å². The second kappa shape index (κ2) is 6.03. The monoisotopic (exact) mass is 274 g/mol. The maximum Gasteiger partial charge on any atom is 0.240 e. The van der Waals surface area contributed by atoms with Gasteiger partial charge >= 0.3 is 0 Å². The minimum atomic E-state index is -3.68. The van der Waals surface area contributed by atoms with Crippen LogP contribution >= 0.6 is 0 Å². The van der Waals surface area contributed by atoms with Crippen LogP contribution in [-0.4, -0.2) is 33.3 Å². The zero-order valence-corrected chi connectivity index (χ0v) is 11.2. The molecule has 0 aromatic heterocycles. The summed E-state index contributed by atoms with van der Waals surface area (Å²) in [6.07, 6.45) is 0.501. The van der Waals surface area contributed by atoms with Gasteiger partial charge in [0.25, 0.3) is 0 Å². The van der Waals surface area contributed by atoms with Gasteiger partial charge in [0, 0.05) is 6.04 Å². The maximum atomic E-state index is 12.0. The molecule has 102 valence electrons. The number of benzene rings is 1. The summed E-state index contributed by atoms with van der Waals surface area (Å²) in [6, 6.07) is 3.72. The van der Waals surface area contributed by atoms with Crippen LogP contribution in [0.3, 0.4) is 0 Å². The van der Waals surface area contributed by atoms with Gasteiger partial charge in [-0.1, -0.05) is 6.92 Å². The molecule has 0 fully saturated rings. The second-order valence-electron chi connectivity index (χ2n) is 3.81. The first kappa shape index (κ1) is 14.7. The maximum absolute atomic E-state index is 12.0. The van der Waals surface area contributed by atoms with Crippen molar-refractivity contribution in [2.45, 2.75) is 24.3 Å². The molecule has 1 aromatic rings. The van der Waals surface area contributed by atoms with E-state index in [0.717, 1.165) is 0 Å². The quantitative estimate of drug-likeness (QED) is 0.649. The molecule has 1 rings (SSSR count). The molecule has 0 radical (unpaired) electrons. The van der Waals surface area contributed by atoms with Gasteiger partial charge in [0.05, 0.1) is 24.3 Å². The minimum Gasteiger partial charge on any atom is -0.495 e. The zero-order chi connectivity index (χ0) is 13.8. The summed E-state index contributed by atoms with van der Waals surface area (Å²) in [4.78, 5) is 0.0488. The molecule has 7 heteroatoms. The topological polar surface area (TPSA) is 102 Å². The van der Waals surface area contributed by atoms with Crippen molar-refractivity contribution < 1.29 is 18.3 Å². The van der Waals surface area contributed by atoms with Crippen molar-refractivity contribution in [3.05, 3.63) is 18.2 Å².